The largest absolute Gasteiger partial charge is 0.423 e. The number of halogens is 1. The lowest BCUT2D eigenvalue weighted by molar-refractivity contribution is -0.126. The number of hydrogen-bond acceptors (Lipinski definition) is 6. The molecule has 0 aromatic heterocycles. The molecular weight excluding hydrogens is 504 g/mol. The van der Waals surface area contributed by atoms with Crippen LogP contribution in [0.3, 0.4) is 0 Å². The molecule has 4 aromatic carbocycles. The Morgan fingerprint density at radius 3 is 2.08 bits per heavy atom. The van der Waals surface area contributed by atoms with Crippen LogP contribution in [-0.4, -0.2) is 23.9 Å². The maximum absolute atomic E-state index is 13.8. The Morgan fingerprint density at radius 1 is 0.763 bits per heavy atom. The monoisotopic (exact) mass is 524 g/mol. The zero-order valence-corrected chi connectivity index (χ0v) is 20.7. The topological polar surface area (TPSA) is 76.2 Å². The molecule has 2 aliphatic rings. The molecule has 0 spiro atoms. The van der Waals surface area contributed by atoms with Gasteiger partial charge in [0, 0.05) is 0 Å². The molecule has 4 aromatic rings. The Hall–Kier alpha value is -4.46. The number of imide groups is 1. The second-order valence-corrected chi connectivity index (χ2v) is 9.35. The minimum Gasteiger partial charge on any atom is -0.423 e. The fraction of sp³-hybridized carbons (Fsp3) is 0.100. The zero-order valence-electron chi connectivity index (χ0n) is 19.9. The van der Waals surface area contributed by atoms with Crippen LogP contribution in [-0.2, 0) is 14.4 Å². The number of nitrogens with zero attached hydrogens (tertiary/aromatic N) is 2. The number of amides is 2. The van der Waals surface area contributed by atoms with Gasteiger partial charge >= 0.3 is 5.97 Å². The SMILES string of the molecule is O=C(Oc1ccc([C@H]2[C@H]3C(=O)N(c4ccccc4Cl)C(=O)[C@H]3ON2c2ccccc2)cc1)c1ccccc1. The first-order valence-electron chi connectivity index (χ1n) is 12.0. The number of carbonyl (C=O) groups is 3. The van der Waals surface area contributed by atoms with Crippen LogP contribution in [0.1, 0.15) is 22.0 Å². The van der Waals surface area contributed by atoms with Gasteiger partial charge in [0.25, 0.3) is 5.91 Å². The maximum Gasteiger partial charge on any atom is 0.343 e. The number of hydrogen-bond donors (Lipinski definition) is 0. The van der Waals surface area contributed by atoms with Crippen molar-refractivity contribution in [1.82, 2.24) is 0 Å². The van der Waals surface area contributed by atoms with Gasteiger partial charge in [-0.3, -0.25) is 14.4 Å². The molecule has 2 heterocycles. The number of esters is 1. The van der Waals surface area contributed by atoms with Crippen molar-refractivity contribution in [3.05, 3.63) is 125 Å². The summed E-state index contributed by atoms with van der Waals surface area (Å²) in [5.41, 5.74) is 2.20. The van der Waals surface area contributed by atoms with Gasteiger partial charge in [0.1, 0.15) is 11.7 Å². The summed E-state index contributed by atoms with van der Waals surface area (Å²) in [4.78, 5) is 46.9. The predicted octanol–water partition coefficient (Wildman–Crippen LogP) is 5.61. The van der Waals surface area contributed by atoms with Crippen molar-refractivity contribution in [2.24, 2.45) is 5.92 Å². The van der Waals surface area contributed by atoms with Gasteiger partial charge < -0.3 is 4.74 Å². The molecule has 0 N–H and O–H groups in total. The molecule has 6 rings (SSSR count). The van der Waals surface area contributed by atoms with Crippen molar-refractivity contribution in [3.63, 3.8) is 0 Å². The second kappa shape index (κ2) is 9.78. The van der Waals surface area contributed by atoms with Crippen molar-refractivity contribution < 1.29 is 24.0 Å². The minimum absolute atomic E-state index is 0.301. The third kappa shape index (κ3) is 4.12. The molecule has 8 heteroatoms. The van der Waals surface area contributed by atoms with Gasteiger partial charge in [-0.25, -0.2) is 14.8 Å². The lowest BCUT2D eigenvalue weighted by Crippen LogP contribution is -2.37. The highest BCUT2D eigenvalue weighted by Gasteiger charge is 2.60. The van der Waals surface area contributed by atoms with Crippen LogP contribution < -0.4 is 14.7 Å². The summed E-state index contributed by atoms with van der Waals surface area (Å²) >= 11 is 6.33. The number of carbonyl (C=O) groups excluding carboxylic acids is 3. The summed E-state index contributed by atoms with van der Waals surface area (Å²) in [7, 11) is 0. The van der Waals surface area contributed by atoms with E-state index in [-0.39, 0.29) is 0 Å². The van der Waals surface area contributed by atoms with Crippen LogP contribution >= 0.6 is 11.6 Å². The van der Waals surface area contributed by atoms with E-state index in [1.54, 1.807) is 77.9 Å². The number of ether oxygens (including phenoxy) is 1. The molecule has 188 valence electrons. The molecular formula is C30H21ClN2O5. The van der Waals surface area contributed by atoms with E-state index in [0.29, 0.717) is 27.7 Å². The Balaban J connectivity index is 1.34. The quantitative estimate of drug-likeness (QED) is 0.192. The molecule has 38 heavy (non-hydrogen) atoms. The maximum atomic E-state index is 13.8. The van der Waals surface area contributed by atoms with Crippen molar-refractivity contribution >= 4 is 40.8 Å². The number of anilines is 2. The van der Waals surface area contributed by atoms with Crippen molar-refractivity contribution in [2.45, 2.75) is 12.1 Å². The van der Waals surface area contributed by atoms with Crippen LogP contribution in [0.15, 0.2) is 109 Å². The van der Waals surface area contributed by atoms with E-state index in [1.807, 2.05) is 36.4 Å². The fourth-order valence-electron chi connectivity index (χ4n) is 4.90. The standard InChI is InChI=1S/C30H21ClN2O5/c31-23-13-7-8-14-24(23)32-28(34)25-26(33(38-27(25)29(32)35)21-11-5-2-6-12-21)19-15-17-22(18-16-19)37-30(36)20-9-3-1-4-10-20/h1-18,25-27H/t25-,26+,27+/m1/s1. The lowest BCUT2D eigenvalue weighted by Gasteiger charge is -2.29. The molecule has 0 unspecified atom stereocenters. The number of para-hydroxylation sites is 2. The van der Waals surface area contributed by atoms with E-state index in [9.17, 15) is 14.4 Å². The Morgan fingerprint density at radius 2 is 1.39 bits per heavy atom. The summed E-state index contributed by atoms with van der Waals surface area (Å²) < 4.78 is 5.51. The lowest BCUT2D eigenvalue weighted by atomic mass is 9.90. The van der Waals surface area contributed by atoms with Gasteiger partial charge in [0.15, 0.2) is 6.10 Å². The van der Waals surface area contributed by atoms with Crippen molar-refractivity contribution in [2.75, 3.05) is 9.96 Å². The van der Waals surface area contributed by atoms with Gasteiger partial charge in [-0.05, 0) is 54.1 Å². The van der Waals surface area contributed by atoms with E-state index in [0.717, 1.165) is 10.5 Å². The van der Waals surface area contributed by atoms with E-state index >= 15 is 0 Å². The zero-order chi connectivity index (χ0) is 26.2. The highest BCUT2D eigenvalue weighted by atomic mass is 35.5. The van der Waals surface area contributed by atoms with Crippen molar-refractivity contribution in [1.29, 1.82) is 0 Å². The normalized spacial score (nSPS) is 20.5. The summed E-state index contributed by atoms with van der Waals surface area (Å²) in [5, 5.41) is 1.91. The number of fused-ring (bicyclic) bond motifs is 1. The molecule has 7 nitrogen and oxygen atoms in total. The molecule has 0 saturated carbocycles. The second-order valence-electron chi connectivity index (χ2n) is 8.95. The highest BCUT2D eigenvalue weighted by molar-refractivity contribution is 6.36. The Kier molecular flexibility index (Phi) is 6.15. The van der Waals surface area contributed by atoms with Crippen molar-refractivity contribution in [3.8, 4) is 5.75 Å². The molecule has 3 atom stereocenters. The molecule has 2 fully saturated rings. The summed E-state index contributed by atoms with van der Waals surface area (Å²) in [5.74, 6) is -1.78. The van der Waals surface area contributed by atoms with Crippen LogP contribution in [0.2, 0.25) is 5.02 Å². The predicted molar refractivity (Wildman–Crippen MR) is 142 cm³/mol. The van der Waals surface area contributed by atoms with E-state index < -0.39 is 35.8 Å². The van der Waals surface area contributed by atoms with E-state index in [1.165, 1.54) is 0 Å². The first-order valence-corrected chi connectivity index (χ1v) is 12.4. The molecule has 0 aliphatic carbocycles. The van der Waals surface area contributed by atoms with Gasteiger partial charge in [-0.1, -0.05) is 72.3 Å². The third-order valence-electron chi connectivity index (χ3n) is 6.66. The molecule has 0 radical (unpaired) electrons. The van der Waals surface area contributed by atoms with Crippen LogP contribution in [0.25, 0.3) is 0 Å². The molecule has 2 saturated heterocycles. The first-order chi connectivity index (χ1) is 18.5. The molecule has 2 amide bonds. The van der Waals surface area contributed by atoms with Crippen LogP contribution in [0.4, 0.5) is 11.4 Å². The highest BCUT2D eigenvalue weighted by Crippen LogP contribution is 2.48. The first kappa shape index (κ1) is 23.9. The van der Waals surface area contributed by atoms with Gasteiger partial charge in [0.05, 0.1) is 28.0 Å². The number of rotatable bonds is 5. The Bertz CT molecular complexity index is 1510. The average molecular weight is 525 g/mol. The number of benzene rings is 4. The van der Waals surface area contributed by atoms with Crippen LogP contribution in [0, 0.1) is 5.92 Å². The molecule has 2 aliphatic heterocycles. The van der Waals surface area contributed by atoms with Crippen LogP contribution in [0.5, 0.6) is 5.75 Å². The summed E-state index contributed by atoms with van der Waals surface area (Å²) in [6.07, 6.45) is -1.01. The van der Waals surface area contributed by atoms with E-state index in [2.05, 4.69) is 0 Å². The van der Waals surface area contributed by atoms with E-state index in [4.69, 9.17) is 21.2 Å². The van der Waals surface area contributed by atoms with Gasteiger partial charge in [-0.2, -0.15) is 0 Å². The average Bonchev–Trinajstić information content (AvgIpc) is 3.46. The minimum atomic E-state index is -1.01. The summed E-state index contributed by atoms with van der Waals surface area (Å²) in [6.45, 7) is 0. The molecule has 0 bridgehead atoms. The third-order valence-corrected chi connectivity index (χ3v) is 6.98. The van der Waals surface area contributed by atoms with Gasteiger partial charge in [0.2, 0.25) is 5.91 Å². The van der Waals surface area contributed by atoms with Gasteiger partial charge in [-0.15, -0.1) is 0 Å². The smallest absolute Gasteiger partial charge is 0.343 e. The Labute approximate surface area is 223 Å². The fourth-order valence-corrected chi connectivity index (χ4v) is 5.12. The number of hydroxylamine groups is 1. The summed E-state index contributed by atoms with van der Waals surface area (Å²) in [6, 6.07) is 31.0.